The molecule has 9 heteroatoms. The van der Waals surface area contributed by atoms with E-state index in [4.69, 9.17) is 4.74 Å². The fourth-order valence-corrected chi connectivity index (χ4v) is 4.32. The standard InChI is InChI=1S/C19H26N8O/c1-25-16(12-26-7-9-28-10-8-26)23-24-18(25)14-3-2-6-27(11-14)19-15-4-5-20-17(15)21-13-22-19/h4-5,13-14H,2-3,6-12H2,1H3,(H,20,21,22). The highest BCUT2D eigenvalue weighted by Gasteiger charge is 2.28. The minimum Gasteiger partial charge on any atom is -0.379 e. The molecule has 2 saturated heterocycles. The highest BCUT2D eigenvalue weighted by atomic mass is 16.5. The molecule has 0 radical (unpaired) electrons. The Morgan fingerprint density at radius 3 is 2.96 bits per heavy atom. The summed E-state index contributed by atoms with van der Waals surface area (Å²) in [5.41, 5.74) is 0.888. The quantitative estimate of drug-likeness (QED) is 0.728. The number of nitrogens with one attached hydrogen (secondary N) is 1. The van der Waals surface area contributed by atoms with Gasteiger partial charge in [0.15, 0.2) is 0 Å². The van der Waals surface area contributed by atoms with Crippen molar-refractivity contribution < 1.29 is 4.74 Å². The number of aromatic amines is 1. The van der Waals surface area contributed by atoms with E-state index in [0.717, 1.165) is 87.3 Å². The first-order valence-electron chi connectivity index (χ1n) is 10.0. The largest absolute Gasteiger partial charge is 0.379 e. The van der Waals surface area contributed by atoms with Crippen LogP contribution in [0.5, 0.6) is 0 Å². The third kappa shape index (κ3) is 3.24. The molecule has 0 saturated carbocycles. The Morgan fingerprint density at radius 2 is 2.07 bits per heavy atom. The van der Waals surface area contributed by atoms with Gasteiger partial charge < -0.3 is 19.2 Å². The fourth-order valence-electron chi connectivity index (χ4n) is 4.32. The number of H-pyrrole nitrogens is 1. The first kappa shape index (κ1) is 17.6. The molecular weight excluding hydrogens is 356 g/mol. The van der Waals surface area contributed by atoms with Gasteiger partial charge in [0.2, 0.25) is 0 Å². The maximum Gasteiger partial charge on any atom is 0.146 e. The number of hydrogen-bond acceptors (Lipinski definition) is 7. The van der Waals surface area contributed by atoms with Gasteiger partial charge in [-0.05, 0) is 18.9 Å². The second-order valence-corrected chi connectivity index (χ2v) is 7.64. The van der Waals surface area contributed by atoms with Crippen molar-refractivity contribution in [3.63, 3.8) is 0 Å². The lowest BCUT2D eigenvalue weighted by molar-refractivity contribution is 0.0326. The van der Waals surface area contributed by atoms with Crippen molar-refractivity contribution >= 4 is 16.9 Å². The average Bonchev–Trinajstić information content (AvgIpc) is 3.36. The maximum absolute atomic E-state index is 5.44. The molecular formula is C19H26N8O. The van der Waals surface area contributed by atoms with Crippen LogP contribution in [0.3, 0.4) is 0 Å². The number of rotatable bonds is 4. The van der Waals surface area contributed by atoms with Crippen LogP contribution in [0.4, 0.5) is 5.82 Å². The third-order valence-corrected chi connectivity index (χ3v) is 5.89. The summed E-state index contributed by atoms with van der Waals surface area (Å²) in [6, 6.07) is 2.05. The number of hydrogen-bond donors (Lipinski definition) is 1. The Kier molecular flexibility index (Phi) is 4.69. The number of fused-ring (bicyclic) bond motifs is 1. The Hall–Kier alpha value is -2.52. The molecule has 1 unspecified atom stereocenters. The minimum atomic E-state index is 0.355. The highest BCUT2D eigenvalue weighted by molar-refractivity contribution is 5.87. The molecule has 9 nitrogen and oxygen atoms in total. The lowest BCUT2D eigenvalue weighted by Crippen LogP contribution is -2.37. The number of piperidine rings is 1. The predicted octanol–water partition coefficient (Wildman–Crippen LogP) is 1.30. The zero-order chi connectivity index (χ0) is 18.9. The van der Waals surface area contributed by atoms with Crippen molar-refractivity contribution in [3.8, 4) is 0 Å². The summed E-state index contributed by atoms with van der Waals surface area (Å²) < 4.78 is 7.63. The van der Waals surface area contributed by atoms with Crippen molar-refractivity contribution in [1.82, 2.24) is 34.6 Å². The molecule has 28 heavy (non-hydrogen) atoms. The van der Waals surface area contributed by atoms with Gasteiger partial charge >= 0.3 is 0 Å². The molecule has 0 bridgehead atoms. The molecule has 2 fully saturated rings. The van der Waals surface area contributed by atoms with Gasteiger partial charge in [-0.15, -0.1) is 10.2 Å². The molecule has 2 aliphatic heterocycles. The number of aromatic nitrogens is 6. The minimum absolute atomic E-state index is 0.355. The second kappa shape index (κ2) is 7.48. The number of ether oxygens (including phenoxy) is 1. The van der Waals surface area contributed by atoms with Gasteiger partial charge in [-0.1, -0.05) is 0 Å². The van der Waals surface area contributed by atoms with Gasteiger partial charge in [0.1, 0.15) is 29.4 Å². The number of nitrogens with zero attached hydrogens (tertiary/aromatic N) is 7. The lowest BCUT2D eigenvalue weighted by Gasteiger charge is -2.33. The zero-order valence-electron chi connectivity index (χ0n) is 16.2. The second-order valence-electron chi connectivity index (χ2n) is 7.64. The lowest BCUT2D eigenvalue weighted by atomic mass is 9.97. The number of morpholine rings is 1. The van der Waals surface area contributed by atoms with Crippen LogP contribution >= 0.6 is 0 Å². The van der Waals surface area contributed by atoms with Crippen molar-refractivity contribution in [2.24, 2.45) is 7.05 Å². The molecule has 0 aliphatic carbocycles. The molecule has 148 valence electrons. The molecule has 2 aliphatic rings. The van der Waals surface area contributed by atoms with Gasteiger partial charge in [0, 0.05) is 45.3 Å². The van der Waals surface area contributed by atoms with E-state index in [0.29, 0.717) is 5.92 Å². The van der Waals surface area contributed by atoms with E-state index >= 15 is 0 Å². The topological polar surface area (TPSA) is 88.0 Å². The Morgan fingerprint density at radius 1 is 1.18 bits per heavy atom. The van der Waals surface area contributed by atoms with Crippen LogP contribution in [-0.2, 0) is 18.3 Å². The zero-order valence-corrected chi connectivity index (χ0v) is 16.2. The number of anilines is 1. The van der Waals surface area contributed by atoms with Crippen LogP contribution in [0.15, 0.2) is 18.6 Å². The van der Waals surface area contributed by atoms with E-state index in [9.17, 15) is 0 Å². The molecule has 5 rings (SSSR count). The van der Waals surface area contributed by atoms with Crippen LogP contribution in [-0.4, -0.2) is 74.0 Å². The van der Waals surface area contributed by atoms with E-state index in [2.05, 4.69) is 52.6 Å². The summed E-state index contributed by atoms with van der Waals surface area (Å²) in [6.45, 7) is 6.26. The summed E-state index contributed by atoms with van der Waals surface area (Å²) in [5, 5.41) is 10.2. The monoisotopic (exact) mass is 382 g/mol. The molecule has 3 aromatic heterocycles. The molecule has 1 N–H and O–H groups in total. The fraction of sp³-hybridized carbons (Fsp3) is 0.579. The average molecular weight is 382 g/mol. The summed E-state index contributed by atoms with van der Waals surface area (Å²) >= 11 is 0. The van der Waals surface area contributed by atoms with E-state index in [1.807, 2.05) is 6.20 Å². The van der Waals surface area contributed by atoms with E-state index in [-0.39, 0.29) is 0 Å². The summed E-state index contributed by atoms with van der Waals surface area (Å²) in [4.78, 5) is 16.8. The van der Waals surface area contributed by atoms with E-state index < -0.39 is 0 Å². The van der Waals surface area contributed by atoms with Gasteiger partial charge in [0.25, 0.3) is 0 Å². The summed E-state index contributed by atoms with van der Waals surface area (Å²) in [6.07, 6.45) is 5.80. The maximum atomic E-state index is 5.44. The van der Waals surface area contributed by atoms with Crippen molar-refractivity contribution in [2.45, 2.75) is 25.3 Å². The highest BCUT2D eigenvalue weighted by Crippen LogP contribution is 2.31. The Bertz CT molecular complexity index is 944. The van der Waals surface area contributed by atoms with Crippen LogP contribution in [0.2, 0.25) is 0 Å². The smallest absolute Gasteiger partial charge is 0.146 e. The van der Waals surface area contributed by atoms with Gasteiger partial charge in [-0.2, -0.15) is 0 Å². The summed E-state index contributed by atoms with van der Waals surface area (Å²) in [5.74, 6) is 3.47. The first-order valence-corrected chi connectivity index (χ1v) is 10.0. The van der Waals surface area contributed by atoms with Crippen LogP contribution in [0.1, 0.15) is 30.4 Å². The SMILES string of the molecule is Cn1c(CN2CCOCC2)nnc1C1CCCN(c2ncnc3[nH]ccc23)C1. The molecule has 0 aromatic carbocycles. The Labute approximate surface area is 163 Å². The van der Waals surface area contributed by atoms with Crippen molar-refractivity contribution in [2.75, 3.05) is 44.3 Å². The molecule has 5 heterocycles. The van der Waals surface area contributed by atoms with Crippen LogP contribution in [0, 0.1) is 0 Å². The van der Waals surface area contributed by atoms with Crippen molar-refractivity contribution in [1.29, 1.82) is 0 Å². The molecule has 3 aromatic rings. The Balaban J connectivity index is 1.34. The molecule has 1 atom stereocenters. The third-order valence-electron chi connectivity index (χ3n) is 5.89. The molecule has 0 amide bonds. The normalized spacial score (nSPS) is 21.5. The summed E-state index contributed by atoms with van der Waals surface area (Å²) in [7, 11) is 2.10. The van der Waals surface area contributed by atoms with Gasteiger partial charge in [-0.25, -0.2) is 9.97 Å². The van der Waals surface area contributed by atoms with Crippen molar-refractivity contribution in [3.05, 3.63) is 30.2 Å². The van der Waals surface area contributed by atoms with E-state index in [1.54, 1.807) is 6.33 Å². The van der Waals surface area contributed by atoms with Gasteiger partial charge in [-0.3, -0.25) is 4.90 Å². The first-order chi connectivity index (χ1) is 13.8. The van der Waals surface area contributed by atoms with E-state index in [1.165, 1.54) is 0 Å². The molecule has 0 spiro atoms. The van der Waals surface area contributed by atoms with Crippen LogP contribution < -0.4 is 4.90 Å². The van der Waals surface area contributed by atoms with Crippen LogP contribution in [0.25, 0.3) is 11.0 Å². The predicted molar refractivity (Wildman–Crippen MR) is 105 cm³/mol. The van der Waals surface area contributed by atoms with Gasteiger partial charge in [0.05, 0.1) is 25.1 Å².